The maximum Gasteiger partial charge on any atom is 0.139 e. The largest absolute Gasteiger partial charge is 0.495 e. The second-order valence-electron chi connectivity index (χ2n) is 2.69. The summed E-state index contributed by atoms with van der Waals surface area (Å²) in [6, 6.07) is 3.96. The zero-order valence-electron chi connectivity index (χ0n) is 7.30. The molecule has 0 spiro atoms. The van der Waals surface area contributed by atoms with Gasteiger partial charge in [0.25, 0.3) is 0 Å². The zero-order valence-corrected chi connectivity index (χ0v) is 9.70. The number of rotatable bonds is 1. The first kappa shape index (κ1) is 8.97. The number of benzene rings is 1. The van der Waals surface area contributed by atoms with Crippen molar-refractivity contribution in [1.29, 1.82) is 0 Å². The number of hydrogen-bond donors (Lipinski definition) is 0. The van der Waals surface area contributed by atoms with Crippen LogP contribution in [0.5, 0.6) is 5.75 Å². The lowest BCUT2D eigenvalue weighted by Crippen LogP contribution is -1.82. The Balaban J connectivity index is 2.80. The molecule has 13 heavy (non-hydrogen) atoms. The van der Waals surface area contributed by atoms with E-state index in [9.17, 15) is 0 Å². The molecule has 1 heterocycles. The third-order valence-corrected chi connectivity index (χ3v) is 3.21. The van der Waals surface area contributed by atoms with Crippen LogP contribution in [0.4, 0.5) is 0 Å². The van der Waals surface area contributed by atoms with Crippen LogP contribution in [0.3, 0.4) is 0 Å². The first-order valence-electron chi connectivity index (χ1n) is 3.81. The Kier molecular flexibility index (Phi) is 2.26. The van der Waals surface area contributed by atoms with Crippen LogP contribution < -0.4 is 4.74 Å². The van der Waals surface area contributed by atoms with Gasteiger partial charge in [0.05, 0.1) is 22.3 Å². The van der Waals surface area contributed by atoms with Crippen LogP contribution in [0.15, 0.2) is 16.6 Å². The Morgan fingerprint density at radius 3 is 2.92 bits per heavy atom. The van der Waals surface area contributed by atoms with Crippen molar-refractivity contribution in [2.75, 3.05) is 7.11 Å². The summed E-state index contributed by atoms with van der Waals surface area (Å²) in [6.45, 7) is 2.00. The van der Waals surface area contributed by atoms with E-state index in [0.29, 0.717) is 0 Å². The standard InChI is InChI=1S/C9H8BrNOS/c1-5-11-7-3-6(10)4-8(12-2)9(7)13-5/h3-4H,1-2H3. The predicted octanol–water partition coefficient (Wildman–Crippen LogP) is 3.38. The van der Waals surface area contributed by atoms with Crippen LogP contribution in [0, 0.1) is 6.92 Å². The van der Waals surface area contributed by atoms with Crippen LogP contribution >= 0.6 is 27.3 Å². The molecule has 2 aromatic rings. The SMILES string of the molecule is COc1cc(Br)cc2nc(C)sc12. The Morgan fingerprint density at radius 2 is 2.23 bits per heavy atom. The van der Waals surface area contributed by atoms with Crippen molar-refractivity contribution in [1.82, 2.24) is 4.98 Å². The fraction of sp³-hybridized carbons (Fsp3) is 0.222. The van der Waals surface area contributed by atoms with Gasteiger partial charge in [0.1, 0.15) is 5.75 Å². The molecule has 0 bridgehead atoms. The van der Waals surface area contributed by atoms with E-state index >= 15 is 0 Å². The molecule has 1 aromatic carbocycles. The lowest BCUT2D eigenvalue weighted by molar-refractivity contribution is 0.420. The summed E-state index contributed by atoms with van der Waals surface area (Å²) in [5.41, 5.74) is 0.994. The fourth-order valence-corrected chi connectivity index (χ4v) is 2.55. The quantitative estimate of drug-likeness (QED) is 0.782. The van der Waals surface area contributed by atoms with Crippen LogP contribution in [-0.2, 0) is 0 Å². The van der Waals surface area contributed by atoms with Crippen molar-refractivity contribution in [3.8, 4) is 5.75 Å². The highest BCUT2D eigenvalue weighted by Crippen LogP contribution is 2.33. The second kappa shape index (κ2) is 3.27. The van der Waals surface area contributed by atoms with E-state index in [-0.39, 0.29) is 0 Å². The topological polar surface area (TPSA) is 22.1 Å². The number of fused-ring (bicyclic) bond motifs is 1. The van der Waals surface area contributed by atoms with Crippen molar-refractivity contribution in [2.45, 2.75) is 6.92 Å². The van der Waals surface area contributed by atoms with Gasteiger partial charge in [0, 0.05) is 4.47 Å². The van der Waals surface area contributed by atoms with E-state index in [1.54, 1.807) is 18.4 Å². The Hall–Kier alpha value is -0.610. The molecule has 0 saturated carbocycles. The van der Waals surface area contributed by atoms with E-state index in [1.807, 2.05) is 19.1 Å². The minimum Gasteiger partial charge on any atom is -0.495 e. The number of hydrogen-bond acceptors (Lipinski definition) is 3. The fourth-order valence-electron chi connectivity index (χ4n) is 1.23. The Bertz CT molecular complexity index is 452. The van der Waals surface area contributed by atoms with Gasteiger partial charge in [-0.25, -0.2) is 4.98 Å². The van der Waals surface area contributed by atoms with E-state index < -0.39 is 0 Å². The van der Waals surface area contributed by atoms with Crippen molar-refractivity contribution in [3.05, 3.63) is 21.6 Å². The maximum atomic E-state index is 5.26. The molecular formula is C9H8BrNOS. The lowest BCUT2D eigenvalue weighted by Gasteiger charge is -2.00. The number of methoxy groups -OCH3 is 1. The van der Waals surface area contributed by atoms with Crippen molar-refractivity contribution >= 4 is 37.5 Å². The van der Waals surface area contributed by atoms with Gasteiger partial charge in [-0.2, -0.15) is 0 Å². The first-order chi connectivity index (χ1) is 6.20. The molecule has 0 radical (unpaired) electrons. The van der Waals surface area contributed by atoms with Crippen LogP contribution in [0.25, 0.3) is 10.2 Å². The average Bonchev–Trinajstić information content (AvgIpc) is 2.43. The summed E-state index contributed by atoms with van der Waals surface area (Å²) in [6.07, 6.45) is 0. The Labute approximate surface area is 88.7 Å². The van der Waals surface area contributed by atoms with Gasteiger partial charge >= 0.3 is 0 Å². The monoisotopic (exact) mass is 257 g/mol. The third kappa shape index (κ3) is 1.56. The minimum atomic E-state index is 0.884. The van der Waals surface area contributed by atoms with Gasteiger partial charge in [-0.1, -0.05) is 15.9 Å². The number of nitrogens with zero attached hydrogens (tertiary/aromatic N) is 1. The molecule has 0 saturated heterocycles. The van der Waals surface area contributed by atoms with Gasteiger partial charge in [0.15, 0.2) is 0 Å². The summed E-state index contributed by atoms with van der Waals surface area (Å²) in [5, 5.41) is 1.06. The van der Waals surface area contributed by atoms with Crippen LogP contribution in [0.2, 0.25) is 0 Å². The van der Waals surface area contributed by atoms with E-state index in [2.05, 4.69) is 20.9 Å². The summed E-state index contributed by atoms with van der Waals surface area (Å²) in [7, 11) is 1.68. The normalized spacial score (nSPS) is 10.7. The average molecular weight is 258 g/mol. The smallest absolute Gasteiger partial charge is 0.139 e. The molecule has 0 fully saturated rings. The molecule has 0 atom stereocenters. The molecule has 0 aliphatic carbocycles. The minimum absolute atomic E-state index is 0.884. The first-order valence-corrected chi connectivity index (χ1v) is 5.42. The summed E-state index contributed by atoms with van der Waals surface area (Å²) in [5.74, 6) is 0.884. The van der Waals surface area contributed by atoms with Gasteiger partial charge < -0.3 is 4.74 Å². The lowest BCUT2D eigenvalue weighted by atomic mass is 10.3. The number of thiazole rings is 1. The van der Waals surface area contributed by atoms with Crippen LogP contribution in [-0.4, -0.2) is 12.1 Å². The molecule has 68 valence electrons. The number of ether oxygens (including phenoxy) is 1. The summed E-state index contributed by atoms with van der Waals surface area (Å²) in [4.78, 5) is 4.39. The van der Waals surface area contributed by atoms with Crippen molar-refractivity contribution in [2.24, 2.45) is 0 Å². The molecule has 0 aliphatic rings. The van der Waals surface area contributed by atoms with E-state index in [4.69, 9.17) is 4.74 Å². The molecular weight excluding hydrogens is 250 g/mol. The summed E-state index contributed by atoms with van der Waals surface area (Å²) < 4.78 is 7.38. The van der Waals surface area contributed by atoms with E-state index in [0.717, 1.165) is 25.4 Å². The van der Waals surface area contributed by atoms with Gasteiger partial charge in [-0.15, -0.1) is 11.3 Å². The van der Waals surface area contributed by atoms with Gasteiger partial charge in [0.2, 0.25) is 0 Å². The molecule has 0 aliphatic heterocycles. The number of halogens is 1. The van der Waals surface area contributed by atoms with Crippen molar-refractivity contribution in [3.63, 3.8) is 0 Å². The molecule has 0 amide bonds. The molecule has 2 rings (SSSR count). The molecule has 0 unspecified atom stereocenters. The molecule has 2 nitrogen and oxygen atoms in total. The second-order valence-corrected chi connectivity index (χ2v) is 4.81. The predicted molar refractivity (Wildman–Crippen MR) is 58.6 cm³/mol. The van der Waals surface area contributed by atoms with Gasteiger partial charge in [-0.3, -0.25) is 0 Å². The highest BCUT2D eigenvalue weighted by atomic mass is 79.9. The molecule has 0 N–H and O–H groups in total. The molecule has 4 heteroatoms. The van der Waals surface area contributed by atoms with Crippen LogP contribution in [0.1, 0.15) is 5.01 Å². The number of aromatic nitrogens is 1. The number of aryl methyl sites for hydroxylation is 1. The highest BCUT2D eigenvalue weighted by molar-refractivity contribution is 9.10. The van der Waals surface area contributed by atoms with Gasteiger partial charge in [-0.05, 0) is 19.1 Å². The highest BCUT2D eigenvalue weighted by Gasteiger charge is 2.07. The zero-order chi connectivity index (χ0) is 9.42. The Morgan fingerprint density at radius 1 is 1.46 bits per heavy atom. The van der Waals surface area contributed by atoms with Crippen molar-refractivity contribution < 1.29 is 4.74 Å². The third-order valence-electron chi connectivity index (χ3n) is 1.75. The van der Waals surface area contributed by atoms with E-state index in [1.165, 1.54) is 0 Å². The molecule has 1 aromatic heterocycles. The maximum absolute atomic E-state index is 5.26. The summed E-state index contributed by atoms with van der Waals surface area (Å²) >= 11 is 5.07.